The summed E-state index contributed by atoms with van der Waals surface area (Å²) in [4.78, 5) is 34.5. The molecule has 2 fully saturated rings. The maximum absolute atomic E-state index is 13.7. The fraction of sp³-hybridized carbons (Fsp3) is 0.458. The summed E-state index contributed by atoms with van der Waals surface area (Å²) in [6.07, 6.45) is 1.38. The van der Waals surface area contributed by atoms with Crippen molar-refractivity contribution in [2.24, 2.45) is 5.92 Å². The van der Waals surface area contributed by atoms with Gasteiger partial charge in [-0.3, -0.25) is 4.79 Å². The zero-order valence-corrected chi connectivity index (χ0v) is 19.6. The van der Waals surface area contributed by atoms with Gasteiger partial charge in [0, 0.05) is 44.6 Å². The number of carbonyl (C=O) groups excluding carboxylic acids is 1. The lowest BCUT2D eigenvalue weighted by Gasteiger charge is -2.34. The molecule has 0 bridgehead atoms. The molecule has 0 radical (unpaired) electrons. The summed E-state index contributed by atoms with van der Waals surface area (Å²) in [5.74, 6) is -0.747. The Bertz CT molecular complexity index is 1050. The minimum Gasteiger partial charge on any atom is -0.465 e. The van der Waals surface area contributed by atoms with Crippen LogP contribution in [-0.2, 0) is 4.79 Å². The van der Waals surface area contributed by atoms with Crippen molar-refractivity contribution in [3.8, 4) is 0 Å². The van der Waals surface area contributed by atoms with Crippen molar-refractivity contribution < 1.29 is 23.5 Å². The van der Waals surface area contributed by atoms with E-state index in [-0.39, 0.29) is 35.9 Å². The van der Waals surface area contributed by atoms with Crippen LogP contribution in [-0.4, -0.2) is 70.7 Å². The van der Waals surface area contributed by atoms with Crippen LogP contribution in [0.1, 0.15) is 31.2 Å². The predicted molar refractivity (Wildman–Crippen MR) is 124 cm³/mol. The summed E-state index contributed by atoms with van der Waals surface area (Å²) < 4.78 is 26.9. The third-order valence-corrected chi connectivity index (χ3v) is 7.13. The van der Waals surface area contributed by atoms with E-state index in [1.807, 2.05) is 4.90 Å². The second kappa shape index (κ2) is 10.1. The van der Waals surface area contributed by atoms with Crippen LogP contribution < -0.4 is 4.90 Å². The number of pyridine rings is 1. The third-order valence-electron chi connectivity index (χ3n) is 6.84. The first-order chi connectivity index (χ1) is 16.3. The quantitative estimate of drug-likeness (QED) is 0.676. The topological polar surface area (TPSA) is 77.0 Å². The van der Waals surface area contributed by atoms with Crippen LogP contribution in [0, 0.1) is 17.6 Å². The fourth-order valence-electron chi connectivity index (χ4n) is 5.03. The zero-order chi connectivity index (χ0) is 24.4. The molecule has 34 heavy (non-hydrogen) atoms. The van der Waals surface area contributed by atoms with Crippen molar-refractivity contribution in [3.05, 3.63) is 58.7 Å². The molecule has 1 aromatic carbocycles. The number of halogens is 3. The predicted octanol–water partition coefficient (Wildman–Crippen LogP) is 4.22. The molecule has 2 amide bonds. The minimum absolute atomic E-state index is 0.00568. The van der Waals surface area contributed by atoms with Crippen LogP contribution in [0.3, 0.4) is 0 Å². The average molecular weight is 493 g/mol. The molecule has 2 saturated heterocycles. The van der Waals surface area contributed by atoms with Crippen LogP contribution in [0.5, 0.6) is 0 Å². The number of likely N-dealkylation sites (N-methyl/N-ethyl adjacent to an activating group) is 1. The first-order valence-corrected chi connectivity index (χ1v) is 11.8. The molecular formula is C24H27ClF2N4O3. The highest BCUT2D eigenvalue weighted by molar-refractivity contribution is 6.30. The summed E-state index contributed by atoms with van der Waals surface area (Å²) in [5.41, 5.74) is 0.712. The number of rotatable bonds is 5. The number of anilines is 1. The van der Waals surface area contributed by atoms with Crippen molar-refractivity contribution in [3.63, 3.8) is 0 Å². The summed E-state index contributed by atoms with van der Waals surface area (Å²) in [6, 6.07) is 6.95. The van der Waals surface area contributed by atoms with Crippen molar-refractivity contribution in [1.82, 2.24) is 14.8 Å². The second-order valence-electron chi connectivity index (χ2n) is 8.76. The first kappa shape index (κ1) is 24.2. The van der Waals surface area contributed by atoms with Crippen molar-refractivity contribution in [2.75, 3.05) is 37.6 Å². The standard InChI is InChI=1S/C24H27ClF2N4O3/c1-2-31(24(33)34)21-14-30(13-18(21)16-3-5-20(27)19(25)11-16)23(32)15-7-9-29(10-8-15)22-6-4-17(26)12-28-22/h3-6,11-12,15,18,21H,2,7-10,13-14H2,1H3,(H,33,34)/t18-,21+/m0/s1. The highest BCUT2D eigenvalue weighted by Gasteiger charge is 2.42. The van der Waals surface area contributed by atoms with Gasteiger partial charge in [0.05, 0.1) is 17.3 Å². The van der Waals surface area contributed by atoms with Crippen molar-refractivity contribution >= 4 is 29.4 Å². The van der Waals surface area contributed by atoms with E-state index < -0.39 is 23.8 Å². The molecule has 1 aromatic heterocycles. The average Bonchev–Trinajstić information content (AvgIpc) is 3.26. The number of likely N-dealkylation sites (tertiary alicyclic amines) is 1. The monoisotopic (exact) mass is 492 g/mol. The number of hydrogen-bond donors (Lipinski definition) is 1. The number of carboxylic acid groups (broad SMARTS) is 1. The molecule has 0 spiro atoms. The Morgan fingerprint density at radius 3 is 2.50 bits per heavy atom. The fourth-order valence-corrected chi connectivity index (χ4v) is 5.22. The molecule has 2 aromatic rings. The van der Waals surface area contributed by atoms with Crippen LogP contribution in [0.25, 0.3) is 0 Å². The van der Waals surface area contributed by atoms with Crippen LogP contribution in [0.4, 0.5) is 19.4 Å². The number of piperidine rings is 1. The van der Waals surface area contributed by atoms with Gasteiger partial charge in [0.1, 0.15) is 17.5 Å². The zero-order valence-electron chi connectivity index (χ0n) is 18.8. The summed E-state index contributed by atoms with van der Waals surface area (Å²) in [7, 11) is 0. The van der Waals surface area contributed by atoms with E-state index in [1.165, 1.54) is 29.3 Å². The smallest absolute Gasteiger partial charge is 0.407 e. The Kier molecular flexibility index (Phi) is 7.21. The number of nitrogens with zero attached hydrogens (tertiary/aromatic N) is 4. The third kappa shape index (κ3) is 4.94. The van der Waals surface area contributed by atoms with E-state index >= 15 is 0 Å². The lowest BCUT2D eigenvalue weighted by Crippen LogP contribution is -2.45. The van der Waals surface area contributed by atoms with Crippen LogP contribution in [0.15, 0.2) is 36.5 Å². The van der Waals surface area contributed by atoms with Gasteiger partial charge in [0.25, 0.3) is 0 Å². The molecular weight excluding hydrogens is 466 g/mol. The number of amides is 2. The Morgan fingerprint density at radius 1 is 1.18 bits per heavy atom. The van der Waals surface area contributed by atoms with Gasteiger partial charge in [0.2, 0.25) is 5.91 Å². The maximum Gasteiger partial charge on any atom is 0.407 e. The molecule has 0 aliphatic carbocycles. The highest BCUT2D eigenvalue weighted by atomic mass is 35.5. The largest absolute Gasteiger partial charge is 0.465 e. The number of carbonyl (C=O) groups is 2. The molecule has 0 unspecified atom stereocenters. The van der Waals surface area contributed by atoms with Crippen LogP contribution in [0.2, 0.25) is 5.02 Å². The van der Waals surface area contributed by atoms with E-state index in [0.29, 0.717) is 43.9 Å². The number of benzene rings is 1. The van der Waals surface area contributed by atoms with Gasteiger partial charge in [-0.15, -0.1) is 0 Å². The molecule has 2 aliphatic rings. The molecule has 1 N–H and O–H groups in total. The lowest BCUT2D eigenvalue weighted by atomic mass is 9.93. The number of hydrogen-bond acceptors (Lipinski definition) is 4. The SMILES string of the molecule is CCN(C(=O)O)[C@@H]1CN(C(=O)C2CCN(c3ccc(F)cn3)CC2)C[C@H]1c1ccc(F)c(Cl)c1. The number of aromatic nitrogens is 1. The molecule has 3 heterocycles. The van der Waals surface area contributed by atoms with Gasteiger partial charge in [0.15, 0.2) is 0 Å². The molecule has 10 heteroatoms. The van der Waals surface area contributed by atoms with Crippen molar-refractivity contribution in [1.29, 1.82) is 0 Å². The second-order valence-corrected chi connectivity index (χ2v) is 9.16. The Labute approximate surface area is 201 Å². The Hall–Kier alpha value is -2.94. The molecule has 182 valence electrons. The maximum atomic E-state index is 13.7. The first-order valence-electron chi connectivity index (χ1n) is 11.4. The van der Waals surface area contributed by atoms with Gasteiger partial charge in [-0.05, 0) is 49.6 Å². The Balaban J connectivity index is 1.48. The normalized spacial score (nSPS) is 21.1. The van der Waals surface area contributed by atoms with Gasteiger partial charge >= 0.3 is 6.09 Å². The van der Waals surface area contributed by atoms with Crippen LogP contribution >= 0.6 is 11.6 Å². The van der Waals surface area contributed by atoms with E-state index in [0.717, 1.165) is 0 Å². The molecule has 7 nitrogen and oxygen atoms in total. The van der Waals surface area contributed by atoms with E-state index in [1.54, 1.807) is 24.0 Å². The summed E-state index contributed by atoms with van der Waals surface area (Å²) in [5, 5.41) is 9.70. The highest BCUT2D eigenvalue weighted by Crippen LogP contribution is 2.35. The minimum atomic E-state index is -1.06. The molecule has 4 rings (SSSR count). The van der Waals surface area contributed by atoms with Gasteiger partial charge in [-0.1, -0.05) is 17.7 Å². The molecule has 2 aliphatic heterocycles. The summed E-state index contributed by atoms with van der Waals surface area (Å²) in [6.45, 7) is 3.90. The van der Waals surface area contributed by atoms with Crippen molar-refractivity contribution in [2.45, 2.75) is 31.7 Å². The van der Waals surface area contributed by atoms with E-state index in [9.17, 15) is 23.5 Å². The summed E-state index contributed by atoms with van der Waals surface area (Å²) >= 11 is 5.99. The lowest BCUT2D eigenvalue weighted by molar-refractivity contribution is -0.135. The molecule has 2 atom stereocenters. The van der Waals surface area contributed by atoms with Gasteiger partial charge < -0.3 is 19.8 Å². The van der Waals surface area contributed by atoms with E-state index in [2.05, 4.69) is 4.98 Å². The van der Waals surface area contributed by atoms with Gasteiger partial charge in [-0.25, -0.2) is 18.6 Å². The molecule has 0 saturated carbocycles. The Morgan fingerprint density at radius 2 is 1.91 bits per heavy atom. The van der Waals surface area contributed by atoms with E-state index in [4.69, 9.17) is 11.6 Å². The van der Waals surface area contributed by atoms with Gasteiger partial charge in [-0.2, -0.15) is 0 Å².